The van der Waals surface area contributed by atoms with Crippen LogP contribution in [0.3, 0.4) is 0 Å². The first-order chi connectivity index (χ1) is 8.06. The topological polar surface area (TPSA) is 60.8 Å². The van der Waals surface area contributed by atoms with Crippen LogP contribution < -0.4 is 0 Å². The average molecular weight is 300 g/mol. The Morgan fingerprint density at radius 1 is 1.53 bits per heavy atom. The molecule has 17 heavy (non-hydrogen) atoms. The van der Waals surface area contributed by atoms with Crippen molar-refractivity contribution in [3.05, 3.63) is 28.2 Å². The van der Waals surface area contributed by atoms with E-state index >= 15 is 0 Å². The number of likely N-dealkylation sites (tertiary alicyclic amines) is 1. The Morgan fingerprint density at radius 3 is 2.94 bits per heavy atom. The maximum Gasteiger partial charge on any atom is 0.307 e. The van der Waals surface area contributed by atoms with E-state index in [9.17, 15) is 9.90 Å². The quantitative estimate of drug-likeness (QED) is 0.897. The van der Waals surface area contributed by atoms with E-state index in [-0.39, 0.29) is 11.7 Å². The molecule has 0 spiro atoms. The highest BCUT2D eigenvalue weighted by Crippen LogP contribution is 2.26. The van der Waals surface area contributed by atoms with Gasteiger partial charge in [0.05, 0.1) is 5.92 Å². The van der Waals surface area contributed by atoms with Crippen LogP contribution in [-0.4, -0.2) is 34.2 Å². The van der Waals surface area contributed by atoms with Crippen LogP contribution in [0.25, 0.3) is 0 Å². The fourth-order valence-electron chi connectivity index (χ4n) is 2.10. The van der Waals surface area contributed by atoms with Gasteiger partial charge >= 0.3 is 5.97 Å². The number of hydrogen-bond acceptors (Lipinski definition) is 3. The zero-order chi connectivity index (χ0) is 12.4. The van der Waals surface area contributed by atoms with Gasteiger partial charge in [-0.2, -0.15) is 0 Å². The lowest BCUT2D eigenvalue weighted by molar-refractivity contribution is -0.141. The van der Waals surface area contributed by atoms with E-state index in [1.807, 2.05) is 6.07 Å². The van der Waals surface area contributed by atoms with Gasteiger partial charge in [-0.25, -0.2) is 0 Å². The summed E-state index contributed by atoms with van der Waals surface area (Å²) in [6.07, 6.45) is 0.685. The fraction of sp³-hybridized carbons (Fsp3) is 0.417. The highest BCUT2D eigenvalue weighted by atomic mass is 79.9. The van der Waals surface area contributed by atoms with E-state index in [1.165, 1.54) is 0 Å². The zero-order valence-corrected chi connectivity index (χ0v) is 10.9. The molecule has 1 aliphatic rings. The van der Waals surface area contributed by atoms with Gasteiger partial charge in [-0.05, 0) is 31.2 Å². The third-order valence-electron chi connectivity index (χ3n) is 3.06. The molecule has 1 fully saturated rings. The first-order valence-electron chi connectivity index (χ1n) is 5.49. The normalized spacial score (nSPS) is 20.6. The number of aromatic hydroxyl groups is 1. The molecule has 0 aromatic heterocycles. The lowest BCUT2D eigenvalue weighted by Crippen LogP contribution is -2.22. The van der Waals surface area contributed by atoms with E-state index in [0.717, 1.165) is 16.6 Å². The van der Waals surface area contributed by atoms with Crippen molar-refractivity contribution >= 4 is 21.9 Å². The molecule has 1 saturated heterocycles. The molecule has 2 rings (SSSR count). The van der Waals surface area contributed by atoms with Gasteiger partial charge in [-0.3, -0.25) is 9.69 Å². The van der Waals surface area contributed by atoms with E-state index in [2.05, 4.69) is 20.8 Å². The summed E-state index contributed by atoms with van der Waals surface area (Å²) < 4.78 is 0.916. The van der Waals surface area contributed by atoms with Crippen molar-refractivity contribution < 1.29 is 15.0 Å². The number of carboxylic acids is 1. The van der Waals surface area contributed by atoms with Crippen molar-refractivity contribution in [1.29, 1.82) is 0 Å². The van der Waals surface area contributed by atoms with E-state index in [1.54, 1.807) is 12.1 Å². The second kappa shape index (κ2) is 5.06. The number of phenols is 1. The number of carboxylic acid groups (broad SMARTS) is 1. The summed E-state index contributed by atoms with van der Waals surface area (Å²) in [4.78, 5) is 12.9. The van der Waals surface area contributed by atoms with Crippen molar-refractivity contribution in [1.82, 2.24) is 4.90 Å². The van der Waals surface area contributed by atoms with Gasteiger partial charge in [-0.15, -0.1) is 0 Å². The van der Waals surface area contributed by atoms with Gasteiger partial charge in [0.25, 0.3) is 0 Å². The molecular formula is C12H14BrNO3. The minimum absolute atomic E-state index is 0.256. The number of carbonyl (C=O) groups is 1. The predicted octanol–water partition coefficient (Wildman–Crippen LogP) is 2.06. The first-order valence-corrected chi connectivity index (χ1v) is 6.28. The second-order valence-electron chi connectivity index (χ2n) is 4.33. The van der Waals surface area contributed by atoms with Gasteiger partial charge in [0.1, 0.15) is 5.75 Å². The highest BCUT2D eigenvalue weighted by molar-refractivity contribution is 9.10. The Morgan fingerprint density at radius 2 is 2.29 bits per heavy atom. The van der Waals surface area contributed by atoms with Crippen molar-refractivity contribution in [2.75, 3.05) is 13.1 Å². The summed E-state index contributed by atoms with van der Waals surface area (Å²) in [6, 6.07) is 5.29. The molecule has 5 heteroatoms. The molecule has 1 heterocycles. The second-order valence-corrected chi connectivity index (χ2v) is 5.25. The fourth-order valence-corrected chi connectivity index (χ4v) is 2.51. The van der Waals surface area contributed by atoms with Crippen LogP contribution in [0.5, 0.6) is 5.75 Å². The van der Waals surface area contributed by atoms with Crippen LogP contribution in [-0.2, 0) is 11.3 Å². The number of rotatable bonds is 3. The molecule has 1 atom stereocenters. The Kier molecular flexibility index (Phi) is 3.69. The monoisotopic (exact) mass is 299 g/mol. The van der Waals surface area contributed by atoms with Crippen LogP contribution in [0.4, 0.5) is 0 Å². The van der Waals surface area contributed by atoms with E-state index < -0.39 is 5.97 Å². The van der Waals surface area contributed by atoms with E-state index in [0.29, 0.717) is 19.5 Å². The zero-order valence-electron chi connectivity index (χ0n) is 9.27. The average Bonchev–Trinajstić information content (AvgIpc) is 2.72. The number of benzene rings is 1. The van der Waals surface area contributed by atoms with Crippen LogP contribution in [0, 0.1) is 5.92 Å². The highest BCUT2D eigenvalue weighted by Gasteiger charge is 2.28. The number of hydrogen-bond donors (Lipinski definition) is 2. The molecule has 0 aliphatic carbocycles. The molecule has 1 aromatic carbocycles. The van der Waals surface area contributed by atoms with Crippen LogP contribution in [0.2, 0.25) is 0 Å². The molecule has 0 bridgehead atoms. The maximum atomic E-state index is 10.8. The Labute approximate surface area is 108 Å². The van der Waals surface area contributed by atoms with Crippen molar-refractivity contribution in [3.8, 4) is 5.75 Å². The molecule has 92 valence electrons. The Balaban J connectivity index is 2.02. The number of halogens is 1. The molecule has 1 aliphatic heterocycles. The standard InChI is InChI=1S/C12H14BrNO3/c13-10-1-2-11(15)9(5-10)7-14-4-3-8(6-14)12(16)17/h1-2,5,8,15H,3-4,6-7H2,(H,16,17)/t8-/m0/s1. The van der Waals surface area contributed by atoms with Crippen LogP contribution >= 0.6 is 15.9 Å². The van der Waals surface area contributed by atoms with Crippen molar-refractivity contribution in [3.63, 3.8) is 0 Å². The lowest BCUT2D eigenvalue weighted by atomic mass is 10.1. The smallest absolute Gasteiger partial charge is 0.307 e. The van der Waals surface area contributed by atoms with Gasteiger partial charge in [0, 0.05) is 23.1 Å². The lowest BCUT2D eigenvalue weighted by Gasteiger charge is -2.16. The summed E-state index contributed by atoms with van der Waals surface area (Å²) in [5.74, 6) is -0.748. The minimum atomic E-state index is -0.731. The molecule has 0 radical (unpaired) electrons. The van der Waals surface area contributed by atoms with Gasteiger partial charge in [0.15, 0.2) is 0 Å². The Bertz CT molecular complexity index is 436. The summed E-state index contributed by atoms with van der Waals surface area (Å²) >= 11 is 3.36. The predicted molar refractivity (Wildman–Crippen MR) is 66.8 cm³/mol. The summed E-state index contributed by atoms with van der Waals surface area (Å²) in [6.45, 7) is 1.92. The molecule has 1 aromatic rings. The van der Waals surface area contributed by atoms with Crippen LogP contribution in [0.1, 0.15) is 12.0 Å². The largest absolute Gasteiger partial charge is 0.508 e. The number of aliphatic carboxylic acids is 1. The van der Waals surface area contributed by atoms with Gasteiger partial charge < -0.3 is 10.2 Å². The first kappa shape index (κ1) is 12.4. The number of phenolic OH excluding ortho intramolecular Hbond substituents is 1. The van der Waals surface area contributed by atoms with Gasteiger partial charge in [-0.1, -0.05) is 15.9 Å². The number of nitrogens with zero attached hydrogens (tertiary/aromatic N) is 1. The van der Waals surface area contributed by atoms with Crippen molar-refractivity contribution in [2.45, 2.75) is 13.0 Å². The van der Waals surface area contributed by atoms with E-state index in [4.69, 9.17) is 5.11 Å². The molecular weight excluding hydrogens is 286 g/mol. The minimum Gasteiger partial charge on any atom is -0.508 e. The Hall–Kier alpha value is -1.07. The van der Waals surface area contributed by atoms with Gasteiger partial charge in [0.2, 0.25) is 0 Å². The molecule has 4 nitrogen and oxygen atoms in total. The molecule has 0 saturated carbocycles. The summed E-state index contributed by atoms with van der Waals surface area (Å²) in [5, 5.41) is 18.6. The van der Waals surface area contributed by atoms with Crippen LogP contribution in [0.15, 0.2) is 22.7 Å². The third-order valence-corrected chi connectivity index (χ3v) is 3.55. The third kappa shape index (κ3) is 2.98. The summed E-state index contributed by atoms with van der Waals surface area (Å²) in [7, 11) is 0. The molecule has 0 unspecified atom stereocenters. The summed E-state index contributed by atoms with van der Waals surface area (Å²) in [5.41, 5.74) is 0.824. The maximum absolute atomic E-state index is 10.8. The molecule has 0 amide bonds. The SMILES string of the molecule is O=C(O)[C@H]1CCN(Cc2cc(Br)ccc2O)C1. The van der Waals surface area contributed by atoms with Crippen molar-refractivity contribution in [2.24, 2.45) is 5.92 Å². The molecule has 2 N–H and O–H groups in total.